The summed E-state index contributed by atoms with van der Waals surface area (Å²) in [5, 5.41) is 2.79. The first-order chi connectivity index (χ1) is 6.46. The molecule has 2 nitrogen and oxygen atoms in total. The van der Waals surface area contributed by atoms with Crippen LogP contribution >= 0.6 is 0 Å². The number of alkyl halides is 3. The minimum Gasteiger partial charge on any atom is -0.325 e. The maximum Gasteiger partial charge on any atom is 0.390 e. The van der Waals surface area contributed by atoms with Crippen molar-refractivity contribution in [2.24, 2.45) is 11.1 Å². The number of hydrogen-bond donors (Lipinski definition) is 2. The summed E-state index contributed by atoms with van der Waals surface area (Å²) in [5.74, 6) is 0. The van der Waals surface area contributed by atoms with Crippen LogP contribution < -0.4 is 11.1 Å². The van der Waals surface area contributed by atoms with Crippen LogP contribution in [-0.2, 0) is 0 Å². The first-order valence-corrected chi connectivity index (χ1v) is 5.02. The lowest BCUT2D eigenvalue weighted by molar-refractivity contribution is -0.133. The van der Waals surface area contributed by atoms with E-state index in [4.69, 9.17) is 5.73 Å². The minimum atomic E-state index is -4.09. The maximum absolute atomic E-state index is 11.8. The van der Waals surface area contributed by atoms with E-state index in [0.717, 1.165) is 0 Å². The van der Waals surface area contributed by atoms with Crippen LogP contribution in [0, 0.1) is 5.41 Å². The van der Waals surface area contributed by atoms with Gasteiger partial charge < -0.3 is 11.1 Å². The van der Waals surface area contributed by atoms with Crippen molar-refractivity contribution in [2.75, 3.05) is 13.1 Å². The van der Waals surface area contributed by atoms with Crippen molar-refractivity contribution in [3.05, 3.63) is 0 Å². The zero-order chi connectivity index (χ0) is 12.3. The van der Waals surface area contributed by atoms with Crippen molar-refractivity contribution in [2.45, 2.75) is 45.8 Å². The Kier molecular flexibility index (Phi) is 4.61. The van der Waals surface area contributed by atoms with Crippen LogP contribution in [0.3, 0.4) is 0 Å². The van der Waals surface area contributed by atoms with Gasteiger partial charge in [0.25, 0.3) is 0 Å². The van der Waals surface area contributed by atoms with Gasteiger partial charge in [-0.1, -0.05) is 13.8 Å². The molecule has 0 aromatic heterocycles. The molecule has 0 aromatic rings. The van der Waals surface area contributed by atoms with Gasteiger partial charge in [0.2, 0.25) is 0 Å². The van der Waals surface area contributed by atoms with Gasteiger partial charge in [-0.05, 0) is 19.3 Å². The van der Waals surface area contributed by atoms with E-state index in [2.05, 4.69) is 5.32 Å². The van der Waals surface area contributed by atoms with E-state index in [1.54, 1.807) is 0 Å². The van der Waals surface area contributed by atoms with Crippen molar-refractivity contribution in [1.29, 1.82) is 0 Å². The number of halogens is 3. The quantitative estimate of drug-likeness (QED) is 0.706. The molecule has 0 atom stereocenters. The number of rotatable bonds is 5. The van der Waals surface area contributed by atoms with Crippen LogP contribution in [0.1, 0.15) is 34.1 Å². The van der Waals surface area contributed by atoms with E-state index in [1.165, 1.54) is 0 Å². The Balaban J connectivity index is 3.87. The standard InChI is InChI=1S/C10H21F3N2/c1-8(2,9(3,4)14)7-15-6-5-10(11,12)13/h15H,5-7,14H2,1-4H3. The van der Waals surface area contributed by atoms with Crippen molar-refractivity contribution < 1.29 is 13.2 Å². The summed E-state index contributed by atoms with van der Waals surface area (Å²) in [5.41, 5.74) is 5.26. The van der Waals surface area contributed by atoms with Gasteiger partial charge in [-0.3, -0.25) is 0 Å². The van der Waals surface area contributed by atoms with Gasteiger partial charge >= 0.3 is 6.18 Å². The zero-order valence-electron chi connectivity index (χ0n) is 9.83. The topological polar surface area (TPSA) is 38.0 Å². The summed E-state index contributed by atoms with van der Waals surface area (Å²) >= 11 is 0. The van der Waals surface area contributed by atoms with Gasteiger partial charge in [-0.25, -0.2) is 0 Å². The molecular weight excluding hydrogens is 205 g/mol. The molecule has 0 heterocycles. The molecule has 0 aliphatic rings. The fourth-order valence-corrected chi connectivity index (χ4v) is 0.859. The highest BCUT2D eigenvalue weighted by atomic mass is 19.4. The third kappa shape index (κ3) is 5.99. The van der Waals surface area contributed by atoms with Crippen LogP contribution in [0.2, 0.25) is 0 Å². The number of nitrogens with one attached hydrogen (secondary N) is 1. The first-order valence-electron chi connectivity index (χ1n) is 5.02. The van der Waals surface area contributed by atoms with E-state index in [1.807, 2.05) is 27.7 Å². The smallest absolute Gasteiger partial charge is 0.325 e. The average molecular weight is 226 g/mol. The third-order valence-electron chi connectivity index (χ3n) is 2.90. The summed E-state index contributed by atoms with van der Waals surface area (Å²) in [4.78, 5) is 0. The predicted octanol–water partition coefficient (Wildman–Crippen LogP) is 2.29. The molecule has 0 rings (SSSR count). The van der Waals surface area contributed by atoms with E-state index >= 15 is 0 Å². The molecule has 0 saturated heterocycles. The van der Waals surface area contributed by atoms with Gasteiger partial charge in [-0.15, -0.1) is 0 Å². The molecule has 15 heavy (non-hydrogen) atoms. The highest BCUT2D eigenvalue weighted by Gasteiger charge is 2.33. The molecule has 5 heteroatoms. The van der Waals surface area contributed by atoms with Gasteiger partial charge in [0, 0.05) is 18.6 Å². The van der Waals surface area contributed by atoms with Crippen molar-refractivity contribution in [1.82, 2.24) is 5.32 Å². The third-order valence-corrected chi connectivity index (χ3v) is 2.90. The van der Waals surface area contributed by atoms with Crippen LogP contribution in [0.5, 0.6) is 0 Å². The van der Waals surface area contributed by atoms with Crippen LogP contribution in [-0.4, -0.2) is 24.8 Å². The summed E-state index contributed by atoms with van der Waals surface area (Å²) in [6.45, 7) is 8.05. The Morgan fingerprint density at radius 2 is 1.53 bits per heavy atom. The molecule has 3 N–H and O–H groups in total. The lowest BCUT2D eigenvalue weighted by Gasteiger charge is -2.38. The fourth-order valence-electron chi connectivity index (χ4n) is 0.859. The Morgan fingerprint density at radius 3 is 1.87 bits per heavy atom. The SMILES string of the molecule is CC(C)(N)C(C)(C)CNCCC(F)(F)F. The number of hydrogen-bond acceptors (Lipinski definition) is 2. The Labute approximate surface area is 89.4 Å². The monoisotopic (exact) mass is 226 g/mol. The van der Waals surface area contributed by atoms with Crippen LogP contribution in [0.25, 0.3) is 0 Å². The van der Waals surface area contributed by atoms with Gasteiger partial charge in [-0.2, -0.15) is 13.2 Å². The van der Waals surface area contributed by atoms with E-state index in [-0.39, 0.29) is 12.0 Å². The second-order valence-corrected chi connectivity index (χ2v) is 5.15. The van der Waals surface area contributed by atoms with E-state index in [0.29, 0.717) is 6.54 Å². The van der Waals surface area contributed by atoms with Crippen molar-refractivity contribution in [3.8, 4) is 0 Å². The largest absolute Gasteiger partial charge is 0.390 e. The average Bonchev–Trinajstić information content (AvgIpc) is 1.94. The molecule has 0 radical (unpaired) electrons. The van der Waals surface area contributed by atoms with Crippen molar-refractivity contribution >= 4 is 0 Å². The zero-order valence-corrected chi connectivity index (χ0v) is 9.83. The van der Waals surface area contributed by atoms with Gasteiger partial charge in [0.1, 0.15) is 0 Å². The van der Waals surface area contributed by atoms with Crippen LogP contribution in [0.4, 0.5) is 13.2 Å². The lowest BCUT2D eigenvalue weighted by atomic mass is 9.75. The predicted molar refractivity (Wildman–Crippen MR) is 55.6 cm³/mol. The van der Waals surface area contributed by atoms with Crippen LogP contribution in [0.15, 0.2) is 0 Å². The first kappa shape index (κ1) is 14.7. The summed E-state index contributed by atoms with van der Waals surface area (Å²) < 4.78 is 35.5. The minimum absolute atomic E-state index is 0.0526. The normalized spacial score (nSPS) is 14.4. The Morgan fingerprint density at radius 1 is 1.07 bits per heavy atom. The lowest BCUT2D eigenvalue weighted by Crippen LogP contribution is -2.52. The molecule has 0 amide bonds. The molecule has 0 aliphatic carbocycles. The highest BCUT2D eigenvalue weighted by molar-refractivity contribution is 4.91. The second kappa shape index (κ2) is 4.70. The molecule has 0 aromatic carbocycles. The molecule has 0 unspecified atom stereocenters. The second-order valence-electron chi connectivity index (χ2n) is 5.15. The molecule has 0 aliphatic heterocycles. The van der Waals surface area contributed by atoms with Crippen molar-refractivity contribution in [3.63, 3.8) is 0 Å². The summed E-state index contributed by atoms with van der Waals surface area (Å²) in [6, 6.07) is 0. The van der Waals surface area contributed by atoms with Gasteiger partial charge in [0.15, 0.2) is 0 Å². The molecule has 0 spiro atoms. The Bertz CT molecular complexity index is 192. The maximum atomic E-state index is 11.8. The van der Waals surface area contributed by atoms with E-state index in [9.17, 15) is 13.2 Å². The molecule has 0 bridgehead atoms. The molecule has 0 saturated carbocycles. The highest BCUT2D eigenvalue weighted by Crippen LogP contribution is 2.27. The molecular formula is C10H21F3N2. The Hall–Kier alpha value is -0.290. The summed E-state index contributed by atoms with van der Waals surface area (Å²) in [7, 11) is 0. The van der Waals surface area contributed by atoms with Gasteiger partial charge in [0.05, 0.1) is 6.42 Å². The molecule has 0 fully saturated rings. The fraction of sp³-hybridized carbons (Fsp3) is 1.00. The van der Waals surface area contributed by atoms with E-state index < -0.39 is 18.1 Å². The number of nitrogens with two attached hydrogens (primary N) is 1. The summed E-state index contributed by atoms with van der Waals surface area (Å²) in [6.07, 6.45) is -4.89. The molecule has 92 valence electrons.